The quantitative estimate of drug-likeness (QED) is 0.565. The molecule has 0 atom stereocenters. The fourth-order valence-corrected chi connectivity index (χ4v) is 3.98. The number of hydrogen-bond donors (Lipinski definition) is 1. The predicted octanol–water partition coefficient (Wildman–Crippen LogP) is 4.18. The number of hydrogen-bond acceptors (Lipinski definition) is 4. The SMILES string of the molecule is CN(Cc1ccccc1)S(=O)(=O)c1ccc(OCC(=O)Nc2ccc(Cl)cc2)cc1. The number of nitrogens with zero attached hydrogens (tertiary/aromatic N) is 1. The van der Waals surface area contributed by atoms with E-state index in [2.05, 4.69) is 5.32 Å². The summed E-state index contributed by atoms with van der Waals surface area (Å²) in [7, 11) is -2.11. The first-order valence-electron chi connectivity index (χ1n) is 9.13. The van der Waals surface area contributed by atoms with Gasteiger partial charge in [0.05, 0.1) is 4.90 Å². The number of carbonyl (C=O) groups excluding carboxylic acids is 1. The van der Waals surface area contributed by atoms with Crippen LogP contribution in [0.2, 0.25) is 5.02 Å². The van der Waals surface area contributed by atoms with Crippen molar-refractivity contribution in [2.45, 2.75) is 11.4 Å². The number of amides is 1. The molecule has 3 aromatic rings. The molecule has 8 heteroatoms. The highest BCUT2D eigenvalue weighted by atomic mass is 35.5. The summed E-state index contributed by atoms with van der Waals surface area (Å²) in [5.41, 5.74) is 1.51. The molecule has 30 heavy (non-hydrogen) atoms. The minimum atomic E-state index is -3.64. The van der Waals surface area contributed by atoms with Crippen LogP contribution in [0.5, 0.6) is 5.75 Å². The molecule has 3 rings (SSSR count). The molecular formula is C22H21ClN2O4S. The summed E-state index contributed by atoms with van der Waals surface area (Å²) in [6, 6.07) is 22.1. The maximum Gasteiger partial charge on any atom is 0.262 e. The van der Waals surface area contributed by atoms with Crippen LogP contribution < -0.4 is 10.1 Å². The third kappa shape index (κ3) is 5.82. The van der Waals surface area contributed by atoms with Crippen LogP contribution in [0.15, 0.2) is 83.8 Å². The largest absolute Gasteiger partial charge is 0.484 e. The lowest BCUT2D eigenvalue weighted by Crippen LogP contribution is -2.26. The van der Waals surface area contributed by atoms with Crippen molar-refractivity contribution in [1.82, 2.24) is 4.31 Å². The van der Waals surface area contributed by atoms with Gasteiger partial charge in [-0.15, -0.1) is 0 Å². The normalized spacial score (nSPS) is 11.3. The van der Waals surface area contributed by atoms with Crippen molar-refractivity contribution in [2.75, 3.05) is 19.0 Å². The molecule has 0 radical (unpaired) electrons. The van der Waals surface area contributed by atoms with E-state index in [1.165, 1.54) is 35.6 Å². The van der Waals surface area contributed by atoms with Crippen LogP contribution in [-0.4, -0.2) is 32.3 Å². The second-order valence-electron chi connectivity index (χ2n) is 6.56. The molecule has 0 aliphatic heterocycles. The highest BCUT2D eigenvalue weighted by molar-refractivity contribution is 7.89. The number of carbonyl (C=O) groups is 1. The van der Waals surface area contributed by atoms with Gasteiger partial charge < -0.3 is 10.1 Å². The Balaban J connectivity index is 1.57. The molecule has 1 amide bonds. The average molecular weight is 445 g/mol. The van der Waals surface area contributed by atoms with E-state index in [9.17, 15) is 13.2 Å². The molecule has 3 aromatic carbocycles. The first kappa shape index (κ1) is 21.8. The monoisotopic (exact) mass is 444 g/mol. The molecule has 0 fully saturated rings. The summed E-state index contributed by atoms with van der Waals surface area (Å²) < 4.78 is 32.2. The number of nitrogens with one attached hydrogen (secondary N) is 1. The fourth-order valence-electron chi connectivity index (χ4n) is 2.69. The van der Waals surface area contributed by atoms with E-state index in [4.69, 9.17) is 16.3 Å². The smallest absolute Gasteiger partial charge is 0.262 e. The van der Waals surface area contributed by atoms with Crippen molar-refractivity contribution in [1.29, 1.82) is 0 Å². The summed E-state index contributed by atoms with van der Waals surface area (Å²) in [6.07, 6.45) is 0. The molecule has 156 valence electrons. The first-order valence-corrected chi connectivity index (χ1v) is 10.9. The fraction of sp³-hybridized carbons (Fsp3) is 0.136. The van der Waals surface area contributed by atoms with Crippen LogP contribution in [0.25, 0.3) is 0 Å². The second-order valence-corrected chi connectivity index (χ2v) is 9.04. The maximum absolute atomic E-state index is 12.8. The number of ether oxygens (including phenoxy) is 1. The molecule has 0 saturated carbocycles. The Hall–Kier alpha value is -2.87. The molecule has 1 N–H and O–H groups in total. The Morgan fingerprint density at radius 1 is 0.967 bits per heavy atom. The van der Waals surface area contributed by atoms with E-state index in [0.29, 0.717) is 16.5 Å². The van der Waals surface area contributed by atoms with E-state index >= 15 is 0 Å². The van der Waals surface area contributed by atoms with Gasteiger partial charge in [0.15, 0.2) is 6.61 Å². The standard InChI is InChI=1S/C22H21ClN2O4S/c1-25(15-17-5-3-2-4-6-17)30(27,28)21-13-11-20(12-14-21)29-16-22(26)24-19-9-7-18(23)8-10-19/h2-14H,15-16H2,1H3,(H,24,26). The lowest BCUT2D eigenvalue weighted by molar-refractivity contribution is -0.118. The zero-order valence-corrected chi connectivity index (χ0v) is 17.9. The van der Waals surface area contributed by atoms with Crippen LogP contribution in [0.4, 0.5) is 5.69 Å². The van der Waals surface area contributed by atoms with Gasteiger partial charge in [0.1, 0.15) is 5.75 Å². The summed E-state index contributed by atoms with van der Waals surface area (Å²) in [5, 5.41) is 3.27. The molecule has 0 spiro atoms. The van der Waals surface area contributed by atoms with E-state index in [1.807, 2.05) is 30.3 Å². The molecule has 6 nitrogen and oxygen atoms in total. The Kier molecular flexibility index (Phi) is 7.10. The number of anilines is 1. The van der Waals surface area contributed by atoms with E-state index in [0.717, 1.165) is 5.56 Å². The van der Waals surface area contributed by atoms with Crippen molar-refractivity contribution >= 4 is 33.2 Å². The van der Waals surface area contributed by atoms with E-state index in [1.54, 1.807) is 24.3 Å². The van der Waals surface area contributed by atoms with Gasteiger partial charge in [-0.3, -0.25) is 4.79 Å². The lowest BCUT2D eigenvalue weighted by Gasteiger charge is -2.17. The summed E-state index contributed by atoms with van der Waals surface area (Å²) in [6.45, 7) is 0.0644. The summed E-state index contributed by atoms with van der Waals surface area (Å²) in [4.78, 5) is 12.1. The molecule has 0 aromatic heterocycles. The van der Waals surface area contributed by atoms with Gasteiger partial charge in [-0.2, -0.15) is 4.31 Å². The summed E-state index contributed by atoms with van der Waals surface area (Å²) >= 11 is 5.81. The average Bonchev–Trinajstić information content (AvgIpc) is 2.75. The Morgan fingerprint density at radius 3 is 2.23 bits per heavy atom. The molecule has 0 aliphatic rings. The topological polar surface area (TPSA) is 75.7 Å². The Bertz CT molecular complexity index is 1090. The van der Waals surface area contributed by atoms with Gasteiger partial charge in [0, 0.05) is 24.3 Å². The first-order chi connectivity index (χ1) is 14.3. The lowest BCUT2D eigenvalue weighted by atomic mass is 10.2. The number of halogens is 1. The van der Waals surface area contributed by atoms with Crippen LogP contribution in [0, 0.1) is 0 Å². The van der Waals surface area contributed by atoms with Crippen LogP contribution in [0.1, 0.15) is 5.56 Å². The predicted molar refractivity (Wildman–Crippen MR) is 117 cm³/mol. The molecular weight excluding hydrogens is 424 g/mol. The molecule has 0 heterocycles. The van der Waals surface area contributed by atoms with E-state index < -0.39 is 10.0 Å². The Morgan fingerprint density at radius 2 is 1.60 bits per heavy atom. The van der Waals surface area contributed by atoms with Crippen molar-refractivity contribution in [3.8, 4) is 5.75 Å². The maximum atomic E-state index is 12.8. The highest BCUT2D eigenvalue weighted by Gasteiger charge is 2.21. The van der Waals surface area contributed by atoms with Crippen molar-refractivity contribution in [2.24, 2.45) is 0 Å². The highest BCUT2D eigenvalue weighted by Crippen LogP contribution is 2.20. The van der Waals surface area contributed by atoms with Crippen molar-refractivity contribution < 1.29 is 17.9 Å². The van der Waals surface area contributed by atoms with Gasteiger partial charge in [0.25, 0.3) is 5.91 Å². The zero-order valence-electron chi connectivity index (χ0n) is 16.3. The zero-order chi connectivity index (χ0) is 21.6. The van der Waals surface area contributed by atoms with Gasteiger partial charge in [-0.05, 0) is 54.1 Å². The second kappa shape index (κ2) is 9.75. The molecule has 0 aliphatic carbocycles. The minimum Gasteiger partial charge on any atom is -0.484 e. The van der Waals surface area contributed by atoms with Crippen molar-refractivity contribution in [3.63, 3.8) is 0 Å². The number of sulfonamides is 1. The molecule has 0 bridgehead atoms. The van der Waals surface area contributed by atoms with Gasteiger partial charge in [0.2, 0.25) is 10.0 Å². The van der Waals surface area contributed by atoms with E-state index in [-0.39, 0.29) is 24.0 Å². The number of benzene rings is 3. The van der Waals surface area contributed by atoms with Crippen molar-refractivity contribution in [3.05, 3.63) is 89.4 Å². The minimum absolute atomic E-state index is 0.152. The number of rotatable bonds is 8. The van der Waals surface area contributed by atoms with Gasteiger partial charge in [-0.1, -0.05) is 41.9 Å². The van der Waals surface area contributed by atoms with Gasteiger partial charge in [-0.25, -0.2) is 8.42 Å². The molecule has 0 saturated heterocycles. The third-order valence-corrected chi connectivity index (χ3v) is 6.35. The third-order valence-electron chi connectivity index (χ3n) is 4.28. The van der Waals surface area contributed by atoms with Gasteiger partial charge >= 0.3 is 0 Å². The van der Waals surface area contributed by atoms with Crippen LogP contribution in [-0.2, 0) is 21.4 Å². The van der Waals surface area contributed by atoms with Crippen LogP contribution in [0.3, 0.4) is 0 Å². The summed E-state index contributed by atoms with van der Waals surface area (Å²) in [5.74, 6) is 0.0579. The Labute approximate surface area is 181 Å². The molecule has 0 unspecified atom stereocenters. The van der Waals surface area contributed by atoms with Crippen LogP contribution >= 0.6 is 11.6 Å².